The molecule has 10 atom stereocenters. The lowest BCUT2D eigenvalue weighted by atomic mass is 9.98. The van der Waals surface area contributed by atoms with Gasteiger partial charge in [0.25, 0.3) is 11.8 Å². The van der Waals surface area contributed by atoms with Gasteiger partial charge >= 0.3 is 11.9 Å². The maximum absolute atomic E-state index is 15.2. The van der Waals surface area contributed by atoms with Crippen LogP contribution in [0, 0.1) is 37.5 Å². The van der Waals surface area contributed by atoms with Crippen LogP contribution in [-0.2, 0) is 57.4 Å². The number of nitrogens with one attached hydrogen (secondary N) is 4. The van der Waals surface area contributed by atoms with Gasteiger partial charge < -0.3 is 76.0 Å². The molecule has 91 heavy (non-hydrogen) atoms. The van der Waals surface area contributed by atoms with Gasteiger partial charge in [0.1, 0.15) is 71.8 Å². The van der Waals surface area contributed by atoms with E-state index in [1.54, 1.807) is 62.3 Å². The lowest BCUT2D eigenvalue weighted by molar-refractivity contribution is -0.163. The van der Waals surface area contributed by atoms with Crippen LogP contribution in [0.25, 0.3) is 22.6 Å². The lowest BCUT2D eigenvalue weighted by Crippen LogP contribution is -2.61. The number of cyclic esters (lactones) is 2. The van der Waals surface area contributed by atoms with Crippen LogP contribution in [0.15, 0.2) is 15.3 Å². The molecule has 1 aromatic rings. The third-order valence-electron chi connectivity index (χ3n) is 17.6. The van der Waals surface area contributed by atoms with Crippen LogP contribution in [0.3, 0.4) is 0 Å². The molecule has 0 aromatic heterocycles. The molecule has 0 spiro atoms. The molecular weight excluding hydrogens is 1180 g/mol. The first-order valence-electron chi connectivity index (χ1n) is 30.7. The molecule has 8 N–H and O–H groups in total. The molecule has 0 unspecified atom stereocenters. The first kappa shape index (κ1) is 69.6. The molecule has 5 heterocycles. The van der Waals surface area contributed by atoms with Gasteiger partial charge in [-0.05, 0) is 88.7 Å². The second kappa shape index (κ2) is 27.7. The molecule has 1 aliphatic carbocycles. The summed E-state index contributed by atoms with van der Waals surface area (Å²) in [6.07, 6.45) is -1.75. The molecule has 10 amide bonds. The lowest BCUT2D eigenvalue weighted by Gasteiger charge is -2.36. The Bertz CT molecular complexity index is 3470. The van der Waals surface area contributed by atoms with E-state index in [9.17, 15) is 52.7 Å². The quantitative estimate of drug-likeness (QED) is 0.100. The van der Waals surface area contributed by atoms with E-state index >= 15 is 9.59 Å². The van der Waals surface area contributed by atoms with E-state index in [1.165, 1.54) is 74.6 Å². The minimum absolute atomic E-state index is 0.146. The Hall–Kier alpha value is -8.92. The molecule has 6 aliphatic rings. The first-order valence-corrected chi connectivity index (χ1v) is 30.7. The number of aromatic nitrogens is 1. The maximum atomic E-state index is 15.2. The number of hydrogen-bond acceptors (Lipinski definition) is 19. The maximum Gasteiger partial charge on any atom is 0.329 e. The van der Waals surface area contributed by atoms with Crippen molar-refractivity contribution < 1.29 is 71.4 Å². The van der Waals surface area contributed by atoms with Crippen molar-refractivity contribution in [1.82, 2.24) is 55.7 Å². The van der Waals surface area contributed by atoms with E-state index in [1.807, 2.05) is 0 Å². The molecule has 0 saturated carbocycles. The van der Waals surface area contributed by atoms with Crippen molar-refractivity contribution in [3.05, 3.63) is 38.5 Å². The van der Waals surface area contributed by atoms with Crippen molar-refractivity contribution in [3.8, 4) is 11.5 Å². The van der Waals surface area contributed by atoms with Crippen LogP contribution in [0.4, 0.5) is 11.4 Å². The molecule has 1 aromatic carbocycles. The molecule has 496 valence electrons. The van der Waals surface area contributed by atoms with Gasteiger partial charge in [0.15, 0.2) is 11.3 Å². The van der Waals surface area contributed by atoms with Gasteiger partial charge in [-0.15, -0.1) is 0 Å². The Morgan fingerprint density at radius 2 is 1.01 bits per heavy atom. The normalized spacial score (nSPS) is 26.1. The second-order valence-corrected chi connectivity index (χ2v) is 25.8. The van der Waals surface area contributed by atoms with Gasteiger partial charge in [0.2, 0.25) is 52.7 Å². The number of carbonyl (C=O) groups excluding carboxylic acids is 12. The molecule has 29 nitrogen and oxygen atoms in total. The topological polar surface area (TPSA) is 386 Å². The van der Waals surface area contributed by atoms with E-state index in [-0.39, 0.29) is 59.6 Å². The highest BCUT2D eigenvalue weighted by molar-refractivity contribution is 6.13. The summed E-state index contributed by atoms with van der Waals surface area (Å²) >= 11 is 0. The first-order chi connectivity index (χ1) is 42.5. The number of carbonyl (C=O) groups is 12. The average Bonchev–Trinajstić information content (AvgIpc) is 1.32. The Morgan fingerprint density at radius 3 is 1.41 bits per heavy atom. The summed E-state index contributed by atoms with van der Waals surface area (Å²) in [5.41, 5.74) is 9.36. The highest BCUT2D eigenvalue weighted by atomic mass is 16.6. The van der Waals surface area contributed by atoms with E-state index in [0.29, 0.717) is 12.8 Å². The fourth-order valence-electron chi connectivity index (χ4n) is 12.5. The second-order valence-electron chi connectivity index (χ2n) is 25.8. The van der Waals surface area contributed by atoms with Crippen LogP contribution in [0.5, 0.6) is 0 Å². The standard InChI is InChI=1S/C62H87N13O16/c1-26(2)42-59(85)74-21-17-19-35(74)57(83)70(13)24-37(76)72(15)48(28(5)6)61(87)89-32(11)44(55(81)66-42)68-53(79)39-34(63)23-30(9)51-46(39)65-47-40(41(64)50(78)31(10)52(47)91-51)54(80)69-45-33(12)90-62(88)49(29(7)8)73(16)38(77)25-71(14)58(84)36-20-18-22-75(36)60(86)43(27(3)4)67-56(45)82/h23,26-29,32-33,35-36,42-45,48-49H,17-22,24-25,63-64H2,1-16H3,(H,66,81)(H,67,82)(H,68,79)(H,69,80)/t32-,33-,35+,36+,42-,43-,44+,45-,48+,49+/m1/s1. The molecule has 0 radical (unpaired) electrons. The average molecular weight is 1270 g/mol. The summed E-state index contributed by atoms with van der Waals surface area (Å²) in [5.74, 6) is -12.8. The smallest absolute Gasteiger partial charge is 0.329 e. The predicted molar refractivity (Wildman–Crippen MR) is 330 cm³/mol. The van der Waals surface area contributed by atoms with Crippen molar-refractivity contribution in [2.75, 3.05) is 65.8 Å². The molecular formula is C62H87N13O16. The predicted octanol–water partition coefficient (Wildman–Crippen LogP) is 0.308. The van der Waals surface area contributed by atoms with E-state index in [4.69, 9.17) is 30.3 Å². The SMILES string of the molecule is Cc1c2oc3c(C)cc(N)c(C(=O)N[C@@H]4C(=O)N[C@H](C(C)C)C(=O)N5CCC[C@H]5C(=O)N(C)CC(=O)N(C)[C@@H](C(C)C)C(=O)O[C@@H]4C)c3nc-2c(C(=O)N[C@H]2C(=O)N[C@H](C(C)C)C(=O)N3CCC[C@H]3C(=O)N(C)CC(=O)N(C)[C@@H](C(C)C)C(=O)O[C@@H]2C)c(N)c1=O. The number of aryl methyl sites for hydroxylation is 1. The third-order valence-corrected chi connectivity index (χ3v) is 17.6. The van der Waals surface area contributed by atoms with E-state index in [2.05, 4.69) is 21.3 Å². The number of esters is 2. The number of rotatable bonds is 8. The minimum atomic E-state index is -1.91. The Balaban J connectivity index is 1.34. The Labute approximate surface area is 527 Å². The van der Waals surface area contributed by atoms with Crippen LogP contribution in [0.2, 0.25) is 0 Å². The van der Waals surface area contributed by atoms with Gasteiger partial charge in [-0.3, -0.25) is 52.7 Å². The highest BCUT2D eigenvalue weighted by Crippen LogP contribution is 2.37. The highest BCUT2D eigenvalue weighted by Gasteiger charge is 2.47. The van der Waals surface area contributed by atoms with Crippen LogP contribution < -0.4 is 38.2 Å². The third kappa shape index (κ3) is 13.9. The molecule has 0 bridgehead atoms. The number of nitrogen functional groups attached to an aromatic ring is 2. The number of ether oxygens (including phenoxy) is 2. The number of benzene rings is 2. The van der Waals surface area contributed by atoms with Crippen molar-refractivity contribution in [1.29, 1.82) is 0 Å². The Kier molecular flexibility index (Phi) is 21.1. The molecule has 4 fully saturated rings. The fourth-order valence-corrected chi connectivity index (χ4v) is 12.5. The van der Waals surface area contributed by atoms with E-state index < -0.39 is 196 Å². The van der Waals surface area contributed by atoms with Crippen LogP contribution in [-0.4, -0.2) is 220 Å². The Morgan fingerprint density at radius 1 is 0.604 bits per heavy atom. The molecule has 29 heteroatoms. The van der Waals surface area contributed by atoms with Gasteiger partial charge in [-0.1, -0.05) is 55.4 Å². The van der Waals surface area contributed by atoms with Gasteiger partial charge in [-0.25, -0.2) is 14.6 Å². The minimum Gasteiger partial charge on any atom is -0.458 e. The van der Waals surface area contributed by atoms with Gasteiger partial charge in [0, 0.05) is 52.5 Å². The van der Waals surface area contributed by atoms with Crippen molar-refractivity contribution in [2.45, 2.75) is 169 Å². The number of likely N-dealkylation sites (N-methyl/N-ethyl adjacent to an activating group) is 4. The van der Waals surface area contributed by atoms with Crippen LogP contribution >= 0.6 is 0 Å². The summed E-state index contributed by atoms with van der Waals surface area (Å²) in [7, 11) is 5.56. The summed E-state index contributed by atoms with van der Waals surface area (Å²) in [6, 6.07) is -9.56. The zero-order valence-corrected chi connectivity index (χ0v) is 54.6. The molecule has 5 aliphatic heterocycles. The van der Waals surface area contributed by atoms with Gasteiger partial charge in [-0.2, -0.15) is 0 Å². The van der Waals surface area contributed by atoms with Gasteiger partial charge in [0.05, 0.1) is 29.9 Å². The number of anilines is 2. The van der Waals surface area contributed by atoms with Crippen molar-refractivity contribution in [2.24, 2.45) is 23.7 Å². The number of fused-ring (bicyclic) bond motifs is 4. The zero-order valence-electron chi connectivity index (χ0n) is 54.6. The zero-order chi connectivity index (χ0) is 67.8. The summed E-state index contributed by atoms with van der Waals surface area (Å²) in [4.78, 5) is 200. The van der Waals surface area contributed by atoms with Crippen molar-refractivity contribution in [3.63, 3.8) is 0 Å². The van der Waals surface area contributed by atoms with E-state index in [0.717, 1.165) is 9.80 Å². The fraction of sp³-hybridized carbons (Fsp3) is 0.613. The number of hydrogen-bond donors (Lipinski definition) is 6. The monoisotopic (exact) mass is 1270 g/mol. The van der Waals surface area contributed by atoms with Crippen LogP contribution in [0.1, 0.15) is 127 Å². The summed E-state index contributed by atoms with van der Waals surface area (Å²) < 4.78 is 18.3. The number of nitrogens with two attached hydrogens (primary N) is 2. The van der Waals surface area contributed by atoms with Crippen molar-refractivity contribution >= 4 is 93.5 Å². The number of amides is 10. The molecule has 7 rings (SSSR count). The number of nitrogens with zero attached hydrogens (tertiary/aromatic N) is 7. The largest absolute Gasteiger partial charge is 0.458 e. The molecule has 4 saturated heterocycles. The summed E-state index contributed by atoms with van der Waals surface area (Å²) in [5, 5.41) is 10.6. The summed E-state index contributed by atoms with van der Waals surface area (Å²) in [6.45, 7) is 18.1.